The van der Waals surface area contributed by atoms with Crippen LogP contribution in [0.1, 0.15) is 12.5 Å². The summed E-state index contributed by atoms with van der Waals surface area (Å²) in [5.41, 5.74) is 1.89. The Morgan fingerprint density at radius 2 is 2.00 bits per heavy atom. The summed E-state index contributed by atoms with van der Waals surface area (Å²) >= 11 is 0. The first kappa shape index (κ1) is 11.5. The van der Waals surface area contributed by atoms with E-state index in [1.165, 1.54) is 7.11 Å². The highest BCUT2D eigenvalue weighted by molar-refractivity contribution is 5.78. The van der Waals surface area contributed by atoms with E-state index >= 15 is 0 Å². The summed E-state index contributed by atoms with van der Waals surface area (Å²) < 4.78 is 4.83. The number of rotatable bonds is 4. The smallest absolute Gasteiger partial charge is 0.336 e. The van der Waals surface area contributed by atoms with Gasteiger partial charge in [-0.25, -0.2) is 4.79 Å². The molecule has 0 fully saturated rings. The van der Waals surface area contributed by atoms with Gasteiger partial charge in [0.2, 0.25) is 0 Å². The Hall–Kier alpha value is -1.61. The Balaban J connectivity index is 2.88. The van der Waals surface area contributed by atoms with Crippen LogP contribution in [0.4, 0.5) is 0 Å². The van der Waals surface area contributed by atoms with E-state index in [4.69, 9.17) is 9.84 Å². The van der Waals surface area contributed by atoms with Crippen molar-refractivity contribution in [3.63, 3.8) is 0 Å². The van der Waals surface area contributed by atoms with E-state index in [0.29, 0.717) is 0 Å². The van der Waals surface area contributed by atoms with Crippen molar-refractivity contribution in [3.05, 3.63) is 42.0 Å². The second kappa shape index (κ2) is 5.32. The highest BCUT2D eigenvalue weighted by Crippen LogP contribution is 2.14. The molecule has 0 saturated heterocycles. The zero-order valence-electron chi connectivity index (χ0n) is 8.81. The van der Waals surface area contributed by atoms with Crippen molar-refractivity contribution in [2.45, 2.75) is 13.0 Å². The Labute approximate surface area is 89.0 Å². The van der Waals surface area contributed by atoms with E-state index < -0.39 is 12.1 Å². The number of aliphatic carboxylic acids is 1. The minimum atomic E-state index is -0.979. The Bertz CT molecular complexity index is 354. The number of hydrogen-bond donors (Lipinski definition) is 1. The molecule has 0 aromatic heterocycles. The number of methoxy groups -OCH3 is 1. The van der Waals surface area contributed by atoms with Gasteiger partial charge >= 0.3 is 5.97 Å². The van der Waals surface area contributed by atoms with Crippen molar-refractivity contribution in [1.82, 2.24) is 0 Å². The lowest BCUT2D eigenvalue weighted by Gasteiger charge is -2.07. The molecule has 80 valence electrons. The maximum Gasteiger partial charge on any atom is 0.336 e. The van der Waals surface area contributed by atoms with Crippen molar-refractivity contribution in [1.29, 1.82) is 0 Å². The molecule has 1 unspecified atom stereocenters. The molecule has 0 bridgehead atoms. The Kier molecular flexibility index (Phi) is 4.06. The Morgan fingerprint density at radius 1 is 1.40 bits per heavy atom. The van der Waals surface area contributed by atoms with Crippen molar-refractivity contribution in [3.8, 4) is 0 Å². The standard InChI is InChI=1S/C12H14O3/c1-9(8-11(15-2)12(13)14)10-6-4-3-5-7-10/h3-8,11H,1-2H3,(H,13,14). The molecule has 0 aliphatic carbocycles. The number of carboxylic acids is 1. The summed E-state index contributed by atoms with van der Waals surface area (Å²) in [4.78, 5) is 10.7. The van der Waals surface area contributed by atoms with Gasteiger partial charge in [-0.05, 0) is 24.1 Å². The van der Waals surface area contributed by atoms with E-state index in [1.807, 2.05) is 37.3 Å². The van der Waals surface area contributed by atoms with E-state index in [9.17, 15) is 4.79 Å². The van der Waals surface area contributed by atoms with Crippen LogP contribution in [0.5, 0.6) is 0 Å². The normalized spacial score (nSPS) is 13.6. The summed E-state index contributed by atoms with van der Waals surface area (Å²) in [7, 11) is 1.38. The van der Waals surface area contributed by atoms with Gasteiger partial charge in [0, 0.05) is 7.11 Å². The van der Waals surface area contributed by atoms with Crippen LogP contribution in [-0.4, -0.2) is 24.3 Å². The van der Waals surface area contributed by atoms with Gasteiger partial charge < -0.3 is 9.84 Å². The van der Waals surface area contributed by atoms with E-state index in [2.05, 4.69) is 0 Å². The summed E-state index contributed by atoms with van der Waals surface area (Å²) in [5, 5.41) is 8.80. The molecule has 1 atom stereocenters. The number of carbonyl (C=O) groups is 1. The molecule has 0 aliphatic rings. The molecule has 1 N–H and O–H groups in total. The molecule has 15 heavy (non-hydrogen) atoms. The lowest BCUT2D eigenvalue weighted by Crippen LogP contribution is -2.19. The van der Waals surface area contributed by atoms with Gasteiger partial charge in [0.25, 0.3) is 0 Å². The highest BCUT2D eigenvalue weighted by Gasteiger charge is 2.13. The predicted molar refractivity (Wildman–Crippen MR) is 58.5 cm³/mol. The van der Waals surface area contributed by atoms with Gasteiger partial charge in [0.15, 0.2) is 6.10 Å². The second-order valence-electron chi connectivity index (χ2n) is 3.21. The highest BCUT2D eigenvalue weighted by atomic mass is 16.5. The first-order valence-electron chi connectivity index (χ1n) is 4.64. The lowest BCUT2D eigenvalue weighted by atomic mass is 10.1. The molecule has 0 heterocycles. The molecular formula is C12H14O3. The first-order chi connectivity index (χ1) is 7.15. The number of carboxylic acid groups (broad SMARTS) is 1. The predicted octanol–water partition coefficient (Wildman–Crippen LogP) is 2.19. The van der Waals surface area contributed by atoms with E-state index in [0.717, 1.165) is 11.1 Å². The van der Waals surface area contributed by atoms with Gasteiger partial charge in [0.05, 0.1) is 0 Å². The van der Waals surface area contributed by atoms with Gasteiger partial charge in [-0.15, -0.1) is 0 Å². The molecule has 0 amide bonds. The largest absolute Gasteiger partial charge is 0.479 e. The fourth-order valence-electron chi connectivity index (χ4n) is 1.26. The molecule has 1 aromatic carbocycles. The van der Waals surface area contributed by atoms with Gasteiger partial charge in [-0.2, -0.15) is 0 Å². The molecule has 0 spiro atoms. The first-order valence-corrected chi connectivity index (χ1v) is 4.64. The molecule has 3 nitrogen and oxygen atoms in total. The summed E-state index contributed by atoms with van der Waals surface area (Å²) in [6, 6.07) is 9.60. The Morgan fingerprint density at radius 3 is 2.47 bits per heavy atom. The summed E-state index contributed by atoms with van der Waals surface area (Å²) in [5.74, 6) is -0.979. The quantitative estimate of drug-likeness (QED) is 0.821. The molecule has 1 rings (SSSR count). The molecule has 0 saturated carbocycles. The minimum Gasteiger partial charge on any atom is -0.479 e. The molecule has 3 heteroatoms. The number of allylic oxidation sites excluding steroid dienone is 1. The average molecular weight is 206 g/mol. The fourth-order valence-corrected chi connectivity index (χ4v) is 1.26. The van der Waals surface area contributed by atoms with Crippen LogP contribution in [-0.2, 0) is 9.53 Å². The van der Waals surface area contributed by atoms with Crippen LogP contribution in [0.3, 0.4) is 0 Å². The third kappa shape index (κ3) is 3.22. The topological polar surface area (TPSA) is 46.5 Å². The zero-order valence-corrected chi connectivity index (χ0v) is 8.81. The van der Waals surface area contributed by atoms with Crippen LogP contribution >= 0.6 is 0 Å². The number of hydrogen-bond acceptors (Lipinski definition) is 2. The molecule has 0 radical (unpaired) electrons. The van der Waals surface area contributed by atoms with Crippen molar-refractivity contribution in [2.24, 2.45) is 0 Å². The van der Waals surface area contributed by atoms with Crippen LogP contribution in [0.25, 0.3) is 5.57 Å². The van der Waals surface area contributed by atoms with Gasteiger partial charge in [-0.1, -0.05) is 30.3 Å². The van der Waals surface area contributed by atoms with Crippen LogP contribution in [0, 0.1) is 0 Å². The second-order valence-corrected chi connectivity index (χ2v) is 3.21. The van der Waals surface area contributed by atoms with Crippen molar-refractivity contribution >= 4 is 11.5 Å². The third-order valence-electron chi connectivity index (χ3n) is 2.13. The molecule has 0 aliphatic heterocycles. The van der Waals surface area contributed by atoms with Gasteiger partial charge in [0.1, 0.15) is 0 Å². The lowest BCUT2D eigenvalue weighted by molar-refractivity contribution is -0.145. The zero-order chi connectivity index (χ0) is 11.3. The number of benzene rings is 1. The summed E-state index contributed by atoms with van der Waals surface area (Å²) in [6.45, 7) is 1.87. The molecular weight excluding hydrogens is 192 g/mol. The third-order valence-corrected chi connectivity index (χ3v) is 2.13. The maximum atomic E-state index is 10.7. The maximum absolute atomic E-state index is 10.7. The molecule has 1 aromatic rings. The SMILES string of the molecule is COC(C=C(C)c1ccccc1)C(=O)O. The van der Waals surface area contributed by atoms with E-state index in [1.54, 1.807) is 6.08 Å². The van der Waals surface area contributed by atoms with E-state index in [-0.39, 0.29) is 0 Å². The van der Waals surface area contributed by atoms with Crippen LogP contribution in [0.2, 0.25) is 0 Å². The van der Waals surface area contributed by atoms with Crippen LogP contribution < -0.4 is 0 Å². The monoisotopic (exact) mass is 206 g/mol. The minimum absolute atomic E-state index is 0.884. The van der Waals surface area contributed by atoms with Gasteiger partial charge in [-0.3, -0.25) is 0 Å². The summed E-state index contributed by atoms with van der Waals surface area (Å²) in [6.07, 6.45) is 0.711. The van der Waals surface area contributed by atoms with Crippen LogP contribution in [0.15, 0.2) is 36.4 Å². The van der Waals surface area contributed by atoms with Crippen molar-refractivity contribution in [2.75, 3.05) is 7.11 Å². The fraction of sp³-hybridized carbons (Fsp3) is 0.250. The van der Waals surface area contributed by atoms with Crippen molar-refractivity contribution < 1.29 is 14.6 Å². The number of ether oxygens (including phenoxy) is 1. The average Bonchev–Trinajstić information content (AvgIpc) is 2.26.